The Kier molecular flexibility index (Phi) is 4.50. The van der Waals surface area contributed by atoms with E-state index in [-0.39, 0.29) is 23.6 Å². The van der Waals surface area contributed by atoms with E-state index in [1.54, 1.807) is 0 Å². The highest BCUT2D eigenvalue weighted by Crippen LogP contribution is 2.32. The molecule has 0 amide bonds. The molecule has 0 bridgehead atoms. The van der Waals surface area contributed by atoms with Gasteiger partial charge in [0.15, 0.2) is 9.84 Å². The molecule has 3 unspecified atom stereocenters. The summed E-state index contributed by atoms with van der Waals surface area (Å²) < 4.78 is 23.7. The second-order valence-electron chi connectivity index (χ2n) is 5.97. The van der Waals surface area contributed by atoms with Crippen molar-refractivity contribution in [1.29, 1.82) is 0 Å². The lowest BCUT2D eigenvalue weighted by Gasteiger charge is -2.38. The van der Waals surface area contributed by atoms with E-state index < -0.39 is 15.8 Å². The molecule has 1 aliphatic carbocycles. The first-order valence-corrected chi connectivity index (χ1v) is 8.98. The summed E-state index contributed by atoms with van der Waals surface area (Å²) in [4.78, 5) is 13.0. The quantitative estimate of drug-likeness (QED) is 0.840. The van der Waals surface area contributed by atoms with E-state index >= 15 is 0 Å². The van der Waals surface area contributed by atoms with E-state index in [1.165, 1.54) is 6.26 Å². The van der Waals surface area contributed by atoms with Crippen molar-refractivity contribution in [1.82, 2.24) is 4.90 Å². The average molecular weight is 289 g/mol. The molecule has 0 aromatic rings. The molecule has 0 aromatic carbocycles. The topological polar surface area (TPSA) is 74.7 Å². The van der Waals surface area contributed by atoms with E-state index in [1.807, 2.05) is 0 Å². The first kappa shape index (κ1) is 14.8. The van der Waals surface area contributed by atoms with Gasteiger partial charge in [0.1, 0.15) is 0 Å². The number of sulfone groups is 1. The zero-order chi connectivity index (χ0) is 14.0. The first-order chi connectivity index (χ1) is 8.88. The van der Waals surface area contributed by atoms with Crippen LogP contribution in [0.1, 0.15) is 38.5 Å². The standard InChI is InChI=1S/C13H23NO4S/c1-19(17,18)12-6-2-5-11(12)14-7-3-4-10(9-14)8-13(15)16/h10-12H,2-9H2,1H3,(H,15,16). The fourth-order valence-corrected chi connectivity index (χ4v) is 5.11. The van der Waals surface area contributed by atoms with Crippen LogP contribution in [0.5, 0.6) is 0 Å². The maximum absolute atomic E-state index is 11.8. The first-order valence-electron chi connectivity index (χ1n) is 7.02. The van der Waals surface area contributed by atoms with Crippen LogP contribution in [0.3, 0.4) is 0 Å². The summed E-state index contributed by atoms with van der Waals surface area (Å²) in [5, 5.41) is 8.63. The van der Waals surface area contributed by atoms with Gasteiger partial charge < -0.3 is 5.11 Å². The van der Waals surface area contributed by atoms with Gasteiger partial charge in [-0.05, 0) is 38.1 Å². The van der Waals surface area contributed by atoms with Gasteiger partial charge in [-0.2, -0.15) is 0 Å². The number of carboxylic acids is 1. The van der Waals surface area contributed by atoms with Gasteiger partial charge in [0.05, 0.1) is 5.25 Å². The number of rotatable bonds is 4. The Hall–Kier alpha value is -0.620. The number of piperidine rings is 1. The molecule has 1 saturated heterocycles. The predicted octanol–water partition coefficient (Wildman–Crippen LogP) is 1.14. The van der Waals surface area contributed by atoms with Gasteiger partial charge in [0, 0.05) is 25.3 Å². The second kappa shape index (κ2) is 5.79. The van der Waals surface area contributed by atoms with E-state index in [0.717, 1.165) is 45.2 Å². The molecule has 2 fully saturated rings. The SMILES string of the molecule is CS(=O)(=O)C1CCCC1N1CCCC(CC(=O)O)C1. The minimum atomic E-state index is -3.00. The minimum absolute atomic E-state index is 0.103. The monoisotopic (exact) mass is 289 g/mol. The maximum atomic E-state index is 11.8. The highest BCUT2D eigenvalue weighted by Gasteiger charge is 2.39. The summed E-state index contributed by atoms with van der Waals surface area (Å²) in [5.41, 5.74) is 0. The van der Waals surface area contributed by atoms with Gasteiger partial charge in [-0.3, -0.25) is 9.69 Å². The Morgan fingerprint density at radius 2 is 2.00 bits per heavy atom. The lowest BCUT2D eigenvalue weighted by atomic mass is 9.93. The zero-order valence-corrected chi connectivity index (χ0v) is 12.2. The summed E-state index contributed by atoms with van der Waals surface area (Å²) >= 11 is 0. The van der Waals surface area contributed by atoms with Gasteiger partial charge in [0.25, 0.3) is 0 Å². The van der Waals surface area contributed by atoms with Gasteiger partial charge >= 0.3 is 5.97 Å². The van der Waals surface area contributed by atoms with E-state index in [4.69, 9.17) is 5.11 Å². The number of hydrogen-bond acceptors (Lipinski definition) is 4. The Bertz CT molecular complexity index is 434. The third-order valence-electron chi connectivity index (χ3n) is 4.45. The van der Waals surface area contributed by atoms with Crippen LogP contribution in [0.25, 0.3) is 0 Å². The van der Waals surface area contributed by atoms with Crippen LogP contribution in [0.15, 0.2) is 0 Å². The lowest BCUT2D eigenvalue weighted by molar-refractivity contribution is -0.138. The third-order valence-corrected chi connectivity index (χ3v) is 6.10. The van der Waals surface area contributed by atoms with E-state index in [2.05, 4.69) is 4.90 Å². The summed E-state index contributed by atoms with van der Waals surface area (Å²) in [5.74, 6) is -0.579. The third kappa shape index (κ3) is 3.69. The number of carbonyl (C=O) groups is 1. The van der Waals surface area contributed by atoms with Gasteiger partial charge in [-0.25, -0.2) is 8.42 Å². The smallest absolute Gasteiger partial charge is 0.303 e. The van der Waals surface area contributed by atoms with Crippen molar-refractivity contribution in [3.8, 4) is 0 Å². The molecule has 6 heteroatoms. The largest absolute Gasteiger partial charge is 0.481 e. The molecule has 2 aliphatic rings. The zero-order valence-electron chi connectivity index (χ0n) is 11.4. The highest BCUT2D eigenvalue weighted by molar-refractivity contribution is 7.91. The molecule has 19 heavy (non-hydrogen) atoms. The highest BCUT2D eigenvalue weighted by atomic mass is 32.2. The van der Waals surface area contributed by atoms with Crippen LogP contribution in [-0.2, 0) is 14.6 Å². The Balaban J connectivity index is 2.02. The Morgan fingerprint density at radius 1 is 1.26 bits per heavy atom. The van der Waals surface area contributed by atoms with Crippen molar-refractivity contribution in [2.45, 2.75) is 49.8 Å². The number of carboxylic acid groups (broad SMARTS) is 1. The molecule has 0 spiro atoms. The van der Waals surface area contributed by atoms with E-state index in [0.29, 0.717) is 0 Å². The molecular weight excluding hydrogens is 266 g/mol. The number of hydrogen-bond donors (Lipinski definition) is 1. The molecule has 110 valence electrons. The number of aliphatic carboxylic acids is 1. The minimum Gasteiger partial charge on any atom is -0.481 e. The van der Waals surface area contributed by atoms with Gasteiger partial charge in [-0.1, -0.05) is 6.42 Å². The normalized spacial score (nSPS) is 33.4. The lowest BCUT2D eigenvalue weighted by Crippen LogP contribution is -2.48. The van der Waals surface area contributed by atoms with Crippen molar-refractivity contribution < 1.29 is 18.3 Å². The van der Waals surface area contributed by atoms with Crippen molar-refractivity contribution in [3.05, 3.63) is 0 Å². The molecule has 0 radical (unpaired) electrons. The maximum Gasteiger partial charge on any atom is 0.303 e. The number of likely N-dealkylation sites (tertiary alicyclic amines) is 1. The van der Waals surface area contributed by atoms with Crippen LogP contribution in [0.4, 0.5) is 0 Å². The van der Waals surface area contributed by atoms with E-state index in [9.17, 15) is 13.2 Å². The summed E-state index contributed by atoms with van der Waals surface area (Å²) in [6.45, 7) is 1.65. The summed E-state index contributed by atoms with van der Waals surface area (Å²) in [7, 11) is -3.00. The second-order valence-corrected chi connectivity index (χ2v) is 8.23. The van der Waals surface area contributed by atoms with Gasteiger partial charge in [0.2, 0.25) is 0 Å². The van der Waals surface area contributed by atoms with Crippen LogP contribution in [0.2, 0.25) is 0 Å². The fourth-order valence-electron chi connectivity index (χ4n) is 3.64. The molecule has 2 rings (SSSR count). The molecule has 5 nitrogen and oxygen atoms in total. The average Bonchev–Trinajstić information content (AvgIpc) is 2.76. The van der Waals surface area contributed by atoms with Crippen molar-refractivity contribution in [2.24, 2.45) is 5.92 Å². The molecular formula is C13H23NO4S. The molecule has 1 heterocycles. The molecule has 0 aromatic heterocycles. The predicted molar refractivity (Wildman–Crippen MR) is 72.8 cm³/mol. The molecule has 1 aliphatic heterocycles. The molecule has 1 saturated carbocycles. The fraction of sp³-hybridized carbons (Fsp3) is 0.923. The summed E-state index contributed by atoms with van der Waals surface area (Å²) in [6.07, 6.45) is 6.09. The molecule has 3 atom stereocenters. The van der Waals surface area contributed by atoms with Crippen LogP contribution in [0, 0.1) is 5.92 Å². The van der Waals surface area contributed by atoms with Crippen LogP contribution < -0.4 is 0 Å². The Labute approximate surface area is 114 Å². The van der Waals surface area contributed by atoms with Crippen molar-refractivity contribution in [2.75, 3.05) is 19.3 Å². The van der Waals surface area contributed by atoms with Crippen molar-refractivity contribution >= 4 is 15.8 Å². The van der Waals surface area contributed by atoms with Crippen molar-refractivity contribution in [3.63, 3.8) is 0 Å². The number of nitrogens with zero attached hydrogens (tertiary/aromatic N) is 1. The Morgan fingerprint density at radius 3 is 2.63 bits per heavy atom. The molecule has 1 N–H and O–H groups in total. The van der Waals surface area contributed by atoms with Crippen LogP contribution >= 0.6 is 0 Å². The van der Waals surface area contributed by atoms with Gasteiger partial charge in [-0.15, -0.1) is 0 Å². The summed E-state index contributed by atoms with van der Waals surface area (Å²) in [6, 6.07) is 0.103. The van der Waals surface area contributed by atoms with Crippen LogP contribution in [-0.4, -0.2) is 55.0 Å².